The third-order valence-electron chi connectivity index (χ3n) is 4.17. The van der Waals surface area contributed by atoms with E-state index in [1.165, 1.54) is 20.8 Å². The molecule has 0 saturated carbocycles. The lowest BCUT2D eigenvalue weighted by Gasteiger charge is -2.14. The average Bonchev–Trinajstić information content (AvgIpc) is 3.13. The summed E-state index contributed by atoms with van der Waals surface area (Å²) < 4.78 is 34.2. The van der Waals surface area contributed by atoms with E-state index in [4.69, 9.17) is 4.52 Å². The first-order valence-electron chi connectivity index (χ1n) is 8.46. The van der Waals surface area contributed by atoms with E-state index < -0.39 is 22.0 Å². The predicted octanol–water partition coefficient (Wildman–Crippen LogP) is 1.97. The number of fused-ring (bicyclic) bond motifs is 1. The Balaban J connectivity index is 1.81. The monoisotopic (exact) mass is 391 g/mol. The van der Waals surface area contributed by atoms with Gasteiger partial charge in [-0.15, -0.1) is 0 Å². The Hall–Kier alpha value is -2.72. The Morgan fingerprint density at radius 3 is 2.63 bits per heavy atom. The number of anilines is 1. The molecule has 144 valence electrons. The van der Waals surface area contributed by atoms with Crippen LogP contribution in [0.5, 0.6) is 0 Å². The van der Waals surface area contributed by atoms with Gasteiger partial charge >= 0.3 is 0 Å². The minimum absolute atomic E-state index is 0.0528. The highest BCUT2D eigenvalue weighted by atomic mass is 32.2. The number of benzene rings is 1. The second kappa shape index (κ2) is 7.12. The largest absolute Gasteiger partial charge is 0.360 e. The first kappa shape index (κ1) is 19.1. The molecule has 1 aromatic carbocycles. The summed E-state index contributed by atoms with van der Waals surface area (Å²) in [7, 11) is -3.95. The molecule has 0 aliphatic carbocycles. The number of carbonyl (C=O) groups is 1. The number of hydrogen-bond donors (Lipinski definition) is 2. The Kier molecular flexibility index (Phi) is 5.03. The van der Waals surface area contributed by atoms with Crippen LogP contribution in [0.1, 0.15) is 25.3 Å². The van der Waals surface area contributed by atoms with Gasteiger partial charge in [-0.05, 0) is 39.8 Å². The lowest BCUT2D eigenvalue weighted by atomic mass is 10.3. The summed E-state index contributed by atoms with van der Waals surface area (Å²) in [6, 6.07) is 6.49. The molecule has 10 heteroatoms. The summed E-state index contributed by atoms with van der Waals surface area (Å²) in [6.45, 7) is 7.04. The quantitative estimate of drug-likeness (QED) is 0.663. The van der Waals surface area contributed by atoms with E-state index in [0.717, 1.165) is 11.0 Å². The van der Waals surface area contributed by atoms with E-state index in [0.29, 0.717) is 12.5 Å². The van der Waals surface area contributed by atoms with Crippen LogP contribution in [0.15, 0.2) is 33.7 Å². The number of sulfonamides is 1. The van der Waals surface area contributed by atoms with Crippen LogP contribution < -0.4 is 10.0 Å². The maximum atomic E-state index is 12.6. The van der Waals surface area contributed by atoms with E-state index in [1.807, 2.05) is 35.8 Å². The van der Waals surface area contributed by atoms with Crippen LogP contribution in [0.2, 0.25) is 0 Å². The smallest absolute Gasteiger partial charge is 0.246 e. The molecule has 1 amide bonds. The fraction of sp³-hybridized carbons (Fsp3) is 0.353. The third kappa shape index (κ3) is 3.58. The summed E-state index contributed by atoms with van der Waals surface area (Å²) in [5.74, 6) is 0.0165. The Morgan fingerprint density at radius 2 is 2.00 bits per heavy atom. The van der Waals surface area contributed by atoms with Crippen molar-refractivity contribution in [2.24, 2.45) is 0 Å². The first-order chi connectivity index (χ1) is 12.7. The fourth-order valence-electron chi connectivity index (χ4n) is 2.91. The lowest BCUT2D eigenvalue weighted by molar-refractivity contribution is -0.117. The zero-order chi connectivity index (χ0) is 19.8. The Bertz CT molecular complexity index is 1080. The van der Waals surface area contributed by atoms with Gasteiger partial charge in [0.25, 0.3) is 0 Å². The molecule has 0 aliphatic heterocycles. The molecule has 2 aromatic heterocycles. The number of aryl methyl sites for hydroxylation is 3. The van der Waals surface area contributed by atoms with E-state index >= 15 is 0 Å². The minimum Gasteiger partial charge on any atom is -0.360 e. The van der Waals surface area contributed by atoms with Gasteiger partial charge in [0, 0.05) is 6.54 Å². The van der Waals surface area contributed by atoms with Gasteiger partial charge in [0.2, 0.25) is 21.9 Å². The summed E-state index contributed by atoms with van der Waals surface area (Å²) in [5, 5.41) is 6.34. The molecule has 27 heavy (non-hydrogen) atoms. The minimum atomic E-state index is -3.95. The number of rotatable bonds is 6. The number of hydrogen-bond acceptors (Lipinski definition) is 6. The van der Waals surface area contributed by atoms with E-state index in [9.17, 15) is 13.2 Å². The van der Waals surface area contributed by atoms with Crippen LogP contribution in [0, 0.1) is 13.8 Å². The molecule has 0 radical (unpaired) electrons. The molecule has 3 aromatic rings. The number of nitrogens with zero attached hydrogens (tertiary/aromatic N) is 3. The van der Waals surface area contributed by atoms with Crippen molar-refractivity contribution in [1.82, 2.24) is 19.4 Å². The molecule has 0 bridgehead atoms. The van der Waals surface area contributed by atoms with Crippen LogP contribution in [0.3, 0.4) is 0 Å². The fourth-order valence-corrected chi connectivity index (χ4v) is 4.45. The van der Waals surface area contributed by atoms with E-state index in [1.54, 1.807) is 0 Å². The van der Waals surface area contributed by atoms with Crippen LogP contribution in [-0.2, 0) is 21.4 Å². The molecule has 0 fully saturated rings. The highest BCUT2D eigenvalue weighted by molar-refractivity contribution is 7.89. The molecule has 2 N–H and O–H groups in total. The number of carbonyl (C=O) groups excluding carboxylic acids is 1. The highest BCUT2D eigenvalue weighted by Gasteiger charge is 2.28. The standard InChI is InChI=1S/C17H21N5O4S/c1-5-22-14-9-7-6-8-13(14)18-17(22)19-16(23)11(3)21-27(24,25)15-10(2)20-26-12(15)4/h6-9,11,21H,5H2,1-4H3,(H,18,19,23)/t11-/m0/s1. The summed E-state index contributed by atoms with van der Waals surface area (Å²) in [4.78, 5) is 16.9. The SMILES string of the molecule is CCn1c(NC(=O)[C@H](C)NS(=O)(=O)c2c(C)noc2C)nc2ccccc21. The van der Waals surface area contributed by atoms with Crippen molar-refractivity contribution >= 4 is 32.9 Å². The van der Waals surface area contributed by atoms with Gasteiger partial charge in [-0.1, -0.05) is 17.3 Å². The number of imidazole rings is 1. The lowest BCUT2D eigenvalue weighted by Crippen LogP contribution is -2.42. The van der Waals surface area contributed by atoms with Crippen molar-refractivity contribution in [3.05, 3.63) is 35.7 Å². The van der Waals surface area contributed by atoms with Gasteiger partial charge in [0.15, 0.2) is 5.76 Å². The maximum absolute atomic E-state index is 12.6. The van der Waals surface area contributed by atoms with Crippen LogP contribution in [0.4, 0.5) is 5.95 Å². The van der Waals surface area contributed by atoms with Gasteiger partial charge in [-0.3, -0.25) is 10.1 Å². The summed E-state index contributed by atoms with van der Waals surface area (Å²) in [6.07, 6.45) is 0. The third-order valence-corrected chi connectivity index (χ3v) is 5.95. The van der Waals surface area contributed by atoms with Crippen molar-refractivity contribution < 1.29 is 17.7 Å². The van der Waals surface area contributed by atoms with Crippen LogP contribution in [0.25, 0.3) is 11.0 Å². The van der Waals surface area contributed by atoms with Gasteiger partial charge in [0.1, 0.15) is 10.6 Å². The zero-order valence-corrected chi connectivity index (χ0v) is 16.3. The zero-order valence-electron chi connectivity index (χ0n) is 15.5. The van der Waals surface area contributed by atoms with Crippen molar-refractivity contribution in [3.63, 3.8) is 0 Å². The molecule has 9 nitrogen and oxygen atoms in total. The maximum Gasteiger partial charge on any atom is 0.246 e. The number of nitrogens with one attached hydrogen (secondary N) is 2. The van der Waals surface area contributed by atoms with Crippen molar-refractivity contribution in [2.45, 2.75) is 45.2 Å². The summed E-state index contributed by atoms with van der Waals surface area (Å²) in [5.41, 5.74) is 1.87. The molecule has 0 unspecified atom stereocenters. The Morgan fingerprint density at radius 1 is 1.30 bits per heavy atom. The second-order valence-corrected chi connectivity index (χ2v) is 7.80. The van der Waals surface area contributed by atoms with E-state index in [2.05, 4.69) is 20.2 Å². The molecule has 1 atom stereocenters. The van der Waals surface area contributed by atoms with Gasteiger partial charge in [-0.2, -0.15) is 4.72 Å². The van der Waals surface area contributed by atoms with Gasteiger partial charge < -0.3 is 9.09 Å². The molecular weight excluding hydrogens is 370 g/mol. The van der Waals surface area contributed by atoms with Crippen LogP contribution in [-0.4, -0.2) is 35.1 Å². The molecule has 0 spiro atoms. The molecule has 3 rings (SSSR count). The number of amides is 1. The van der Waals surface area contributed by atoms with E-state index in [-0.39, 0.29) is 16.3 Å². The van der Waals surface area contributed by atoms with Crippen molar-refractivity contribution in [3.8, 4) is 0 Å². The second-order valence-electron chi connectivity index (χ2n) is 6.15. The van der Waals surface area contributed by atoms with Crippen LogP contribution >= 0.6 is 0 Å². The Labute approximate surface area is 156 Å². The number of para-hydroxylation sites is 2. The van der Waals surface area contributed by atoms with Gasteiger partial charge in [0.05, 0.1) is 17.1 Å². The topological polar surface area (TPSA) is 119 Å². The highest BCUT2D eigenvalue weighted by Crippen LogP contribution is 2.21. The molecule has 0 saturated heterocycles. The normalized spacial score (nSPS) is 13.0. The molecule has 0 aliphatic rings. The summed E-state index contributed by atoms with van der Waals surface area (Å²) >= 11 is 0. The average molecular weight is 391 g/mol. The van der Waals surface area contributed by atoms with Gasteiger partial charge in [-0.25, -0.2) is 13.4 Å². The number of aromatic nitrogens is 3. The molecular formula is C17H21N5O4S. The predicted molar refractivity (Wildman–Crippen MR) is 99.8 cm³/mol. The molecule has 2 heterocycles. The van der Waals surface area contributed by atoms with Crippen molar-refractivity contribution in [1.29, 1.82) is 0 Å². The van der Waals surface area contributed by atoms with Crippen molar-refractivity contribution in [2.75, 3.05) is 5.32 Å². The first-order valence-corrected chi connectivity index (χ1v) is 9.94.